The summed E-state index contributed by atoms with van der Waals surface area (Å²) in [5, 5.41) is 34.1. The number of hydrogen-bond acceptors (Lipinski definition) is 11. The smallest absolute Gasteiger partial charge is 0.328 e. The van der Waals surface area contributed by atoms with Crippen LogP contribution in [0.3, 0.4) is 0 Å². The van der Waals surface area contributed by atoms with Gasteiger partial charge in [0.25, 0.3) is 11.8 Å². The Morgan fingerprint density at radius 3 is 1.38 bits per heavy atom. The second-order valence-corrected chi connectivity index (χ2v) is 20.6. The number of para-hydroxylation sites is 2. The van der Waals surface area contributed by atoms with E-state index in [1.165, 1.54) is 24.3 Å². The first-order valence-corrected chi connectivity index (χ1v) is 28.4. The quantitative estimate of drug-likeness (QED) is 0.0226. The number of unbranched alkanes of at least 4 members (excludes halogenated alkanes) is 2. The van der Waals surface area contributed by atoms with Crippen LogP contribution in [-0.4, -0.2) is 90.2 Å². The highest BCUT2D eigenvalue weighted by Gasteiger charge is 2.27. The number of urea groups is 1. The van der Waals surface area contributed by atoms with Gasteiger partial charge < -0.3 is 63.1 Å². The largest absolute Gasteiger partial charge is 0.493 e. The third kappa shape index (κ3) is 25.4. The number of rotatable bonds is 26. The maximum absolute atomic E-state index is 13.1. The number of aliphatic carboxylic acids is 2. The molecule has 27 heteroatoms. The molecular weight excluding hydrogens is 1270 g/mol. The Bertz CT molecular complexity index is 3240. The molecule has 0 saturated carbocycles. The molecule has 19 nitrogen and oxygen atoms in total. The fraction of sp³-hybridized carbons (Fsp3) is 0.271. The number of ether oxygens (including phenoxy) is 2. The summed E-state index contributed by atoms with van der Waals surface area (Å²) in [5.41, 5.74) is 14.0. The van der Waals surface area contributed by atoms with Crippen LogP contribution in [0.5, 0.6) is 11.5 Å². The maximum Gasteiger partial charge on any atom is 0.328 e. The van der Waals surface area contributed by atoms with E-state index in [9.17, 15) is 38.7 Å². The minimum Gasteiger partial charge on any atom is -0.493 e. The molecule has 0 aromatic heterocycles. The molecule has 6 rings (SSSR count). The third-order valence-electron chi connectivity index (χ3n) is 11.7. The van der Waals surface area contributed by atoms with Crippen molar-refractivity contribution in [1.29, 1.82) is 0 Å². The van der Waals surface area contributed by atoms with E-state index in [2.05, 4.69) is 45.7 Å². The minimum absolute atomic E-state index is 0. The number of carbonyl (C=O) groups excluding carboxylic acids is 5. The number of carboxylic acid groups (broad SMARTS) is 2. The Kier molecular flexibility index (Phi) is 35.1. The average Bonchev–Trinajstić information content (AvgIpc) is 1.64. The minimum atomic E-state index is -1.52. The normalized spacial score (nSPS) is 10.9. The molecular formula is C59H68Cl6N8O11S2. The highest BCUT2D eigenvalue weighted by atomic mass is 35.5. The predicted octanol–water partition coefficient (Wildman–Crippen LogP) is 11.2. The van der Waals surface area contributed by atoms with Crippen LogP contribution in [-0.2, 0) is 45.1 Å². The highest BCUT2D eigenvalue weighted by molar-refractivity contribution is 7.59. The first-order valence-electron chi connectivity index (χ1n) is 26.1. The number of carbonyl (C=O) groups is 7. The summed E-state index contributed by atoms with van der Waals surface area (Å²) in [6.07, 6.45) is 4.16. The molecule has 0 radical (unpaired) electrons. The van der Waals surface area contributed by atoms with Crippen LogP contribution in [0.1, 0.15) is 82.5 Å². The van der Waals surface area contributed by atoms with Crippen molar-refractivity contribution in [2.24, 2.45) is 11.5 Å². The molecule has 12 N–H and O–H groups in total. The second kappa shape index (κ2) is 39.9. The topological polar surface area (TPSA) is 303 Å². The van der Waals surface area contributed by atoms with Crippen molar-refractivity contribution in [3.05, 3.63) is 185 Å². The van der Waals surface area contributed by atoms with E-state index in [-0.39, 0.29) is 101 Å². The Morgan fingerprint density at radius 2 is 0.965 bits per heavy atom. The van der Waals surface area contributed by atoms with Gasteiger partial charge >= 0.3 is 18.0 Å². The lowest BCUT2D eigenvalue weighted by molar-refractivity contribution is -0.139. The highest BCUT2D eigenvalue weighted by Crippen LogP contribution is 2.34. The predicted molar refractivity (Wildman–Crippen MR) is 350 cm³/mol. The van der Waals surface area contributed by atoms with Crippen LogP contribution in [0.25, 0.3) is 0 Å². The number of hydrogen-bond donors (Lipinski definition) is 10. The number of carboxylic acids is 2. The summed E-state index contributed by atoms with van der Waals surface area (Å²) in [5.74, 6) is -3.67. The first kappa shape index (κ1) is 75.5. The molecule has 464 valence electrons. The van der Waals surface area contributed by atoms with Gasteiger partial charge in [0.15, 0.2) is 0 Å². The summed E-state index contributed by atoms with van der Waals surface area (Å²) >= 11 is 36.8. The zero-order valence-corrected chi connectivity index (χ0v) is 53.2. The van der Waals surface area contributed by atoms with Crippen LogP contribution in [0.4, 0.5) is 16.2 Å². The van der Waals surface area contributed by atoms with Crippen LogP contribution in [0.2, 0.25) is 30.1 Å². The molecule has 0 aliphatic heterocycles. The first-order chi connectivity index (χ1) is 40.2. The Hall–Kier alpha value is -6.63. The van der Waals surface area contributed by atoms with Crippen LogP contribution in [0.15, 0.2) is 121 Å². The molecule has 6 aromatic carbocycles. The van der Waals surface area contributed by atoms with Crippen molar-refractivity contribution in [2.75, 3.05) is 36.9 Å². The Morgan fingerprint density at radius 1 is 0.535 bits per heavy atom. The van der Waals surface area contributed by atoms with Crippen molar-refractivity contribution >= 4 is 150 Å². The monoisotopic (exact) mass is 1340 g/mol. The number of anilines is 2. The van der Waals surface area contributed by atoms with Gasteiger partial charge in [-0.2, -0.15) is 27.0 Å². The summed E-state index contributed by atoms with van der Waals surface area (Å²) in [6, 6.07) is 30.9. The van der Waals surface area contributed by atoms with Crippen molar-refractivity contribution in [3.63, 3.8) is 0 Å². The van der Waals surface area contributed by atoms with Gasteiger partial charge in [-0.05, 0) is 84.6 Å². The molecule has 86 heavy (non-hydrogen) atoms. The number of nitrogens with two attached hydrogens (primary N) is 2. The molecule has 0 aliphatic carbocycles. The zero-order valence-electron chi connectivity index (χ0n) is 46.7. The van der Waals surface area contributed by atoms with E-state index in [1.54, 1.807) is 54.6 Å². The lowest BCUT2D eigenvalue weighted by Gasteiger charge is -2.18. The average molecular weight is 1340 g/mol. The van der Waals surface area contributed by atoms with Gasteiger partial charge in [0, 0.05) is 40.8 Å². The fourth-order valence-corrected chi connectivity index (χ4v) is 8.94. The number of amides is 6. The van der Waals surface area contributed by atoms with Crippen molar-refractivity contribution in [2.45, 2.75) is 77.5 Å². The SMILES string of the molecule is CCCCOc1ccccc1CN.CCCCOc1ccccc1CNC(=O)NC[C@H](NC(=O)c1c(Cl)ccc(NC(=O)Cc2cccc(Cl)c2)c1Cl)C(=O)O.NC[C@H](NC(=O)c1c(Cl)ccc(NC(=O)Cc2cccc(Cl)c2)c1Cl)C(=O)O.S.S. The van der Waals surface area contributed by atoms with Gasteiger partial charge in [-0.1, -0.05) is 157 Å². The van der Waals surface area contributed by atoms with E-state index in [1.807, 2.05) is 42.5 Å². The summed E-state index contributed by atoms with van der Waals surface area (Å²) in [6.45, 7) is 5.47. The molecule has 0 bridgehead atoms. The van der Waals surface area contributed by atoms with Gasteiger partial charge in [-0.15, -0.1) is 0 Å². The summed E-state index contributed by atoms with van der Waals surface area (Å²) in [4.78, 5) is 85.7. The number of benzene rings is 6. The summed E-state index contributed by atoms with van der Waals surface area (Å²) < 4.78 is 11.3. The molecule has 0 heterocycles. The van der Waals surface area contributed by atoms with Crippen molar-refractivity contribution in [1.82, 2.24) is 21.3 Å². The Balaban J connectivity index is 0.000000500. The van der Waals surface area contributed by atoms with Gasteiger partial charge in [-0.25, -0.2) is 14.4 Å². The third-order valence-corrected chi connectivity index (χ3v) is 13.6. The Labute approximate surface area is 542 Å². The van der Waals surface area contributed by atoms with Gasteiger partial charge in [0.1, 0.15) is 23.6 Å². The molecule has 6 amide bonds. The molecule has 0 fully saturated rings. The summed E-state index contributed by atoms with van der Waals surface area (Å²) in [7, 11) is 0. The second-order valence-electron chi connectivity index (χ2n) is 18.1. The van der Waals surface area contributed by atoms with Gasteiger partial charge in [0.2, 0.25) is 11.8 Å². The zero-order chi connectivity index (χ0) is 61.7. The molecule has 0 spiro atoms. The van der Waals surface area contributed by atoms with E-state index in [0.717, 1.165) is 49.2 Å². The fourth-order valence-electron chi connectivity index (χ4n) is 7.34. The maximum atomic E-state index is 13.1. The van der Waals surface area contributed by atoms with Crippen LogP contribution >= 0.6 is 96.6 Å². The molecule has 6 aromatic rings. The van der Waals surface area contributed by atoms with Gasteiger partial charge in [-0.3, -0.25) is 19.2 Å². The van der Waals surface area contributed by atoms with E-state index in [4.69, 9.17) is 95.7 Å². The van der Waals surface area contributed by atoms with Gasteiger partial charge in [0.05, 0.1) is 75.2 Å². The molecule has 2 atom stereocenters. The lowest BCUT2D eigenvalue weighted by atomic mass is 10.1. The van der Waals surface area contributed by atoms with E-state index >= 15 is 0 Å². The van der Waals surface area contributed by atoms with Crippen molar-refractivity contribution < 1.29 is 53.2 Å². The van der Waals surface area contributed by atoms with Crippen LogP contribution < -0.4 is 52.8 Å². The van der Waals surface area contributed by atoms with Crippen molar-refractivity contribution in [3.8, 4) is 11.5 Å². The molecule has 0 saturated heterocycles. The van der Waals surface area contributed by atoms with E-state index < -0.39 is 54.3 Å². The number of nitrogens with one attached hydrogen (secondary N) is 6. The van der Waals surface area contributed by atoms with E-state index in [0.29, 0.717) is 40.1 Å². The number of halogens is 6. The van der Waals surface area contributed by atoms with Crippen LogP contribution in [0, 0.1) is 0 Å². The standard InChI is InChI=1S/C30H31Cl3N4O6.C18H16Cl3N3O4.C11H17NO.2H2S/c1-2-3-13-43-24-10-5-4-8-19(24)16-34-30(42)35-17-23(29(40)41)37-28(39)26-21(32)11-12-22(27(26)33)36-25(38)15-18-7-6-9-20(31)14-18;19-10-3-1-2-9(6-10)7-14(25)23-12-5-4-11(20)15(16(12)21)17(26)24-13(8-22)18(27)28;1-2-3-8-13-11-7-5-4-6-10(11)9-12;;/h4-12,14,23H,2-3,13,15-17H2,1H3,(H,36,38)(H,37,39)(H,40,41)(H2,34,35,42);1-6,13H,7-8,22H2,(H,23,25)(H,24,26)(H,27,28);4-7H,2-3,8-9,12H2,1H3;2*1H2/t23-;13-;;;/m00.../s1. The molecule has 0 unspecified atom stereocenters. The lowest BCUT2D eigenvalue weighted by Crippen LogP contribution is -2.50. The molecule has 0 aliphatic rings.